The Morgan fingerprint density at radius 3 is 1.85 bits per heavy atom. The molecule has 4 nitrogen and oxygen atoms in total. The van der Waals surface area contributed by atoms with E-state index in [0.717, 1.165) is 31.7 Å². The molecule has 2 rings (SSSR count). The molecule has 0 spiro atoms. The van der Waals surface area contributed by atoms with Crippen LogP contribution in [-0.4, -0.2) is 36.7 Å². The van der Waals surface area contributed by atoms with E-state index in [-0.39, 0.29) is 28.3 Å². The first kappa shape index (κ1) is 21.4. The average molecular weight is 416 g/mol. The maximum Gasteiger partial charge on any atom is 0.422 e. The number of halogens is 6. The summed E-state index contributed by atoms with van der Waals surface area (Å²) in [5, 5.41) is 6.02. The summed E-state index contributed by atoms with van der Waals surface area (Å²) < 4.78 is 83.2. The second-order valence-electron chi connectivity index (χ2n) is 6.08. The third kappa shape index (κ3) is 8.55. The lowest BCUT2D eigenvalue weighted by Gasteiger charge is -2.18. The lowest BCUT2D eigenvalue weighted by atomic mass is 10.2. The molecule has 1 aliphatic carbocycles. The number of benzene rings is 1. The van der Waals surface area contributed by atoms with Crippen molar-refractivity contribution < 1.29 is 35.8 Å². The fourth-order valence-electron chi connectivity index (χ4n) is 2.56. The molecule has 0 aliphatic heterocycles. The van der Waals surface area contributed by atoms with Crippen LogP contribution in [0.15, 0.2) is 18.2 Å². The van der Waals surface area contributed by atoms with Gasteiger partial charge in [0.05, 0.1) is 0 Å². The highest BCUT2D eigenvalue weighted by Crippen LogP contribution is 2.29. The van der Waals surface area contributed by atoms with E-state index in [2.05, 4.69) is 20.1 Å². The standard InChI is InChI=1S/C16H18F6N2O2S/c17-15(18,19)8-25-12-5-11(6-13(7-12)26-9-16(20,21)22)24-14(27)23-10-3-1-2-4-10/h5-7,10H,1-4,8-9H2,(H2,23,24,27). The molecule has 1 fully saturated rings. The van der Waals surface area contributed by atoms with E-state index in [4.69, 9.17) is 12.2 Å². The molecule has 27 heavy (non-hydrogen) atoms. The fraction of sp³-hybridized carbons (Fsp3) is 0.562. The lowest BCUT2D eigenvalue weighted by molar-refractivity contribution is -0.153. The van der Waals surface area contributed by atoms with Gasteiger partial charge in [0.25, 0.3) is 0 Å². The average Bonchev–Trinajstić information content (AvgIpc) is 3.02. The fourth-order valence-corrected chi connectivity index (χ4v) is 2.85. The molecule has 0 aromatic heterocycles. The van der Waals surface area contributed by atoms with E-state index in [1.54, 1.807) is 0 Å². The van der Waals surface area contributed by atoms with E-state index < -0.39 is 25.6 Å². The van der Waals surface area contributed by atoms with Crippen molar-refractivity contribution >= 4 is 23.0 Å². The molecule has 11 heteroatoms. The summed E-state index contributed by atoms with van der Waals surface area (Å²) in [6.07, 6.45) is -5.16. The minimum atomic E-state index is -4.59. The van der Waals surface area contributed by atoms with Crippen molar-refractivity contribution in [3.63, 3.8) is 0 Å². The number of hydrogen-bond donors (Lipinski definition) is 2. The van der Waals surface area contributed by atoms with Crippen LogP contribution in [0, 0.1) is 0 Å². The van der Waals surface area contributed by atoms with E-state index in [9.17, 15) is 26.3 Å². The van der Waals surface area contributed by atoms with Gasteiger partial charge in [0.1, 0.15) is 11.5 Å². The summed E-state index contributed by atoms with van der Waals surface area (Å²) in [7, 11) is 0. The van der Waals surface area contributed by atoms with Gasteiger partial charge in [-0.05, 0) is 25.1 Å². The van der Waals surface area contributed by atoms with Crippen molar-refractivity contribution in [2.75, 3.05) is 18.5 Å². The smallest absolute Gasteiger partial charge is 0.422 e. The van der Waals surface area contributed by atoms with Crippen LogP contribution in [0.2, 0.25) is 0 Å². The Kier molecular flexibility index (Phi) is 7.01. The highest BCUT2D eigenvalue weighted by Gasteiger charge is 2.30. The molecule has 0 saturated heterocycles. The number of anilines is 1. The summed E-state index contributed by atoms with van der Waals surface area (Å²) >= 11 is 5.14. The topological polar surface area (TPSA) is 42.5 Å². The molecule has 0 atom stereocenters. The van der Waals surface area contributed by atoms with Crippen molar-refractivity contribution in [2.24, 2.45) is 0 Å². The van der Waals surface area contributed by atoms with Gasteiger partial charge in [0.15, 0.2) is 18.3 Å². The molecule has 152 valence electrons. The van der Waals surface area contributed by atoms with Crippen LogP contribution in [0.25, 0.3) is 0 Å². The molecular formula is C16H18F6N2O2S. The lowest BCUT2D eigenvalue weighted by Crippen LogP contribution is -2.35. The molecular weight excluding hydrogens is 398 g/mol. The van der Waals surface area contributed by atoms with Crippen molar-refractivity contribution in [3.05, 3.63) is 18.2 Å². The Hall–Kier alpha value is -1.91. The molecule has 0 radical (unpaired) electrons. The van der Waals surface area contributed by atoms with Crippen LogP contribution in [-0.2, 0) is 0 Å². The Labute approximate surface area is 157 Å². The molecule has 1 aromatic rings. The van der Waals surface area contributed by atoms with Gasteiger partial charge in [-0.1, -0.05) is 12.8 Å². The van der Waals surface area contributed by atoms with E-state index >= 15 is 0 Å². The maximum atomic E-state index is 12.3. The number of nitrogens with one attached hydrogen (secondary N) is 2. The number of thiocarbonyl (C=S) groups is 1. The highest BCUT2D eigenvalue weighted by atomic mass is 32.1. The highest BCUT2D eigenvalue weighted by molar-refractivity contribution is 7.80. The zero-order valence-corrected chi connectivity index (χ0v) is 14.9. The van der Waals surface area contributed by atoms with Gasteiger partial charge in [-0.15, -0.1) is 0 Å². The zero-order chi connectivity index (χ0) is 20.1. The van der Waals surface area contributed by atoms with Gasteiger partial charge in [-0.3, -0.25) is 0 Å². The third-order valence-corrected chi connectivity index (χ3v) is 3.85. The Morgan fingerprint density at radius 1 is 0.926 bits per heavy atom. The maximum absolute atomic E-state index is 12.3. The second-order valence-corrected chi connectivity index (χ2v) is 6.49. The van der Waals surface area contributed by atoms with Crippen LogP contribution >= 0.6 is 12.2 Å². The predicted molar refractivity (Wildman–Crippen MR) is 91.2 cm³/mol. The van der Waals surface area contributed by atoms with Crippen molar-refractivity contribution in [1.82, 2.24) is 5.32 Å². The van der Waals surface area contributed by atoms with Crippen molar-refractivity contribution in [3.8, 4) is 11.5 Å². The predicted octanol–water partition coefficient (Wildman–Crippen LogP) is 4.80. The van der Waals surface area contributed by atoms with Crippen LogP contribution in [0.5, 0.6) is 11.5 Å². The van der Waals surface area contributed by atoms with Gasteiger partial charge >= 0.3 is 12.4 Å². The first-order chi connectivity index (χ1) is 12.5. The SMILES string of the molecule is FC(F)(F)COc1cc(NC(=S)NC2CCCC2)cc(OCC(F)(F)F)c1. The van der Waals surface area contributed by atoms with Crippen LogP contribution < -0.4 is 20.1 Å². The summed E-state index contributed by atoms with van der Waals surface area (Å²) in [4.78, 5) is 0. The molecule has 0 heterocycles. The van der Waals surface area contributed by atoms with Crippen molar-refractivity contribution in [2.45, 2.75) is 44.1 Å². The van der Waals surface area contributed by atoms with E-state index in [1.165, 1.54) is 12.1 Å². The van der Waals surface area contributed by atoms with Crippen LogP contribution in [0.1, 0.15) is 25.7 Å². The van der Waals surface area contributed by atoms with Gasteiger partial charge in [0, 0.05) is 29.9 Å². The van der Waals surface area contributed by atoms with Crippen LogP contribution in [0.4, 0.5) is 32.0 Å². The van der Waals surface area contributed by atoms with Gasteiger partial charge in [-0.25, -0.2) is 0 Å². The monoisotopic (exact) mass is 416 g/mol. The van der Waals surface area contributed by atoms with Gasteiger partial charge in [0.2, 0.25) is 0 Å². The first-order valence-electron chi connectivity index (χ1n) is 8.12. The third-order valence-electron chi connectivity index (χ3n) is 3.63. The minimum absolute atomic E-state index is 0.155. The minimum Gasteiger partial charge on any atom is -0.484 e. The molecule has 0 bridgehead atoms. The quantitative estimate of drug-likeness (QED) is 0.515. The molecule has 1 saturated carbocycles. The molecule has 2 N–H and O–H groups in total. The number of rotatable bonds is 6. The largest absolute Gasteiger partial charge is 0.484 e. The van der Waals surface area contributed by atoms with Gasteiger partial charge in [-0.2, -0.15) is 26.3 Å². The molecule has 0 unspecified atom stereocenters. The molecule has 0 amide bonds. The Balaban J connectivity index is 2.08. The second kappa shape index (κ2) is 8.85. The number of ether oxygens (including phenoxy) is 2. The Bertz CT molecular complexity index is 609. The Morgan fingerprint density at radius 2 is 1.41 bits per heavy atom. The normalized spacial score (nSPS) is 15.5. The van der Waals surface area contributed by atoms with Gasteiger partial charge < -0.3 is 20.1 Å². The first-order valence-corrected chi connectivity index (χ1v) is 8.53. The molecule has 1 aromatic carbocycles. The summed E-state index contributed by atoms with van der Waals surface area (Å²) in [5.74, 6) is -0.587. The van der Waals surface area contributed by atoms with E-state index in [1.807, 2.05) is 0 Å². The zero-order valence-electron chi connectivity index (χ0n) is 14.0. The summed E-state index contributed by atoms with van der Waals surface area (Å²) in [6.45, 7) is -3.17. The molecule has 1 aliphatic rings. The van der Waals surface area contributed by atoms with Crippen molar-refractivity contribution in [1.29, 1.82) is 0 Å². The number of alkyl halides is 6. The number of hydrogen-bond acceptors (Lipinski definition) is 3. The van der Waals surface area contributed by atoms with Crippen LogP contribution in [0.3, 0.4) is 0 Å². The van der Waals surface area contributed by atoms with E-state index in [0.29, 0.717) is 0 Å². The summed E-state index contributed by atoms with van der Waals surface area (Å²) in [6, 6.07) is 3.55. The summed E-state index contributed by atoms with van der Waals surface area (Å²) in [5.41, 5.74) is 0.155.